The first kappa shape index (κ1) is 10.9. The summed E-state index contributed by atoms with van der Waals surface area (Å²) in [6, 6.07) is 4.84. The summed E-state index contributed by atoms with van der Waals surface area (Å²) in [4.78, 5) is 4.50. The summed E-state index contributed by atoms with van der Waals surface area (Å²) >= 11 is 3.46. The molecule has 0 amide bonds. The standard InChI is InChI=1S/C11H14BrFN2/c1-14-4-6-15(7-5-14)11-8-9(13)2-3-10(11)12/h2-3,8H,4-7H2,1H3. The number of nitrogens with zero attached hydrogens (tertiary/aromatic N) is 2. The zero-order chi connectivity index (χ0) is 10.8. The zero-order valence-corrected chi connectivity index (χ0v) is 10.3. The molecule has 1 aromatic rings. The average Bonchev–Trinajstić information content (AvgIpc) is 2.23. The monoisotopic (exact) mass is 272 g/mol. The fraction of sp³-hybridized carbons (Fsp3) is 0.455. The molecule has 4 heteroatoms. The summed E-state index contributed by atoms with van der Waals surface area (Å²) in [7, 11) is 2.11. The van der Waals surface area contributed by atoms with Crippen LogP contribution in [0.1, 0.15) is 0 Å². The molecule has 1 fully saturated rings. The highest BCUT2D eigenvalue weighted by atomic mass is 79.9. The number of rotatable bonds is 1. The molecule has 0 saturated carbocycles. The van der Waals surface area contributed by atoms with E-state index < -0.39 is 0 Å². The van der Waals surface area contributed by atoms with E-state index in [-0.39, 0.29) is 5.82 Å². The van der Waals surface area contributed by atoms with Crippen molar-refractivity contribution in [3.63, 3.8) is 0 Å². The molecule has 1 aliphatic rings. The largest absolute Gasteiger partial charge is 0.368 e. The van der Waals surface area contributed by atoms with E-state index in [1.54, 1.807) is 12.1 Å². The number of anilines is 1. The van der Waals surface area contributed by atoms with Crippen molar-refractivity contribution in [1.29, 1.82) is 0 Å². The van der Waals surface area contributed by atoms with Crippen LogP contribution >= 0.6 is 15.9 Å². The third kappa shape index (κ3) is 2.49. The quantitative estimate of drug-likeness (QED) is 0.775. The summed E-state index contributed by atoms with van der Waals surface area (Å²) in [5.74, 6) is -0.174. The van der Waals surface area contributed by atoms with Crippen molar-refractivity contribution in [1.82, 2.24) is 4.90 Å². The van der Waals surface area contributed by atoms with E-state index in [1.165, 1.54) is 6.07 Å². The number of piperazine rings is 1. The van der Waals surface area contributed by atoms with Gasteiger partial charge in [-0.2, -0.15) is 0 Å². The molecule has 1 saturated heterocycles. The SMILES string of the molecule is CN1CCN(c2cc(F)ccc2Br)CC1. The maximum absolute atomic E-state index is 13.1. The average molecular weight is 273 g/mol. The van der Waals surface area contributed by atoms with Crippen molar-refractivity contribution in [2.75, 3.05) is 38.1 Å². The van der Waals surface area contributed by atoms with Gasteiger partial charge in [-0.05, 0) is 41.2 Å². The summed E-state index contributed by atoms with van der Waals surface area (Å²) in [5.41, 5.74) is 0.961. The van der Waals surface area contributed by atoms with Crippen LogP contribution in [0.25, 0.3) is 0 Å². The normalized spacial score (nSPS) is 18.2. The van der Waals surface area contributed by atoms with Crippen molar-refractivity contribution in [2.45, 2.75) is 0 Å². The van der Waals surface area contributed by atoms with Gasteiger partial charge in [-0.25, -0.2) is 4.39 Å². The van der Waals surface area contributed by atoms with E-state index in [9.17, 15) is 4.39 Å². The van der Waals surface area contributed by atoms with Gasteiger partial charge in [-0.1, -0.05) is 0 Å². The molecule has 0 spiro atoms. The van der Waals surface area contributed by atoms with E-state index in [0.29, 0.717) is 0 Å². The lowest BCUT2D eigenvalue weighted by Gasteiger charge is -2.34. The molecule has 15 heavy (non-hydrogen) atoms. The maximum atomic E-state index is 13.1. The first-order valence-electron chi connectivity index (χ1n) is 5.05. The Morgan fingerprint density at radius 1 is 1.20 bits per heavy atom. The van der Waals surface area contributed by atoms with Crippen molar-refractivity contribution in [3.8, 4) is 0 Å². The maximum Gasteiger partial charge on any atom is 0.125 e. The molecule has 0 radical (unpaired) electrons. The third-order valence-corrected chi connectivity index (χ3v) is 3.42. The van der Waals surface area contributed by atoms with Gasteiger partial charge in [0, 0.05) is 30.7 Å². The van der Waals surface area contributed by atoms with Crippen LogP contribution in [-0.2, 0) is 0 Å². The topological polar surface area (TPSA) is 6.48 Å². The van der Waals surface area contributed by atoms with Crippen LogP contribution in [0.4, 0.5) is 10.1 Å². The Morgan fingerprint density at radius 2 is 1.87 bits per heavy atom. The van der Waals surface area contributed by atoms with E-state index in [4.69, 9.17) is 0 Å². The highest BCUT2D eigenvalue weighted by molar-refractivity contribution is 9.10. The van der Waals surface area contributed by atoms with E-state index >= 15 is 0 Å². The lowest BCUT2D eigenvalue weighted by atomic mass is 10.2. The molecular weight excluding hydrogens is 259 g/mol. The van der Waals surface area contributed by atoms with Crippen LogP contribution in [-0.4, -0.2) is 38.1 Å². The number of hydrogen-bond acceptors (Lipinski definition) is 2. The van der Waals surface area contributed by atoms with Crippen LogP contribution in [0, 0.1) is 5.82 Å². The fourth-order valence-electron chi connectivity index (χ4n) is 1.78. The van der Waals surface area contributed by atoms with Crippen LogP contribution in [0.15, 0.2) is 22.7 Å². The van der Waals surface area contributed by atoms with Crippen molar-refractivity contribution >= 4 is 21.6 Å². The molecule has 0 unspecified atom stereocenters. The second-order valence-electron chi connectivity index (χ2n) is 3.89. The second-order valence-corrected chi connectivity index (χ2v) is 4.74. The second kappa shape index (κ2) is 4.49. The zero-order valence-electron chi connectivity index (χ0n) is 8.71. The summed E-state index contributed by atoms with van der Waals surface area (Å²) < 4.78 is 14.1. The minimum atomic E-state index is -0.174. The summed E-state index contributed by atoms with van der Waals surface area (Å²) in [6.07, 6.45) is 0. The Hall–Kier alpha value is -0.610. The highest BCUT2D eigenvalue weighted by Gasteiger charge is 2.16. The van der Waals surface area contributed by atoms with Gasteiger partial charge in [0.2, 0.25) is 0 Å². The Kier molecular flexibility index (Phi) is 3.26. The lowest BCUT2D eigenvalue weighted by Crippen LogP contribution is -2.44. The van der Waals surface area contributed by atoms with E-state index in [2.05, 4.69) is 32.8 Å². The molecule has 1 aliphatic heterocycles. The number of halogens is 2. The van der Waals surface area contributed by atoms with Crippen LogP contribution in [0.3, 0.4) is 0 Å². The summed E-state index contributed by atoms with van der Waals surface area (Å²) in [5, 5.41) is 0. The predicted octanol–water partition coefficient (Wildman–Crippen LogP) is 2.34. The third-order valence-electron chi connectivity index (χ3n) is 2.75. The van der Waals surface area contributed by atoms with Gasteiger partial charge in [-0.15, -0.1) is 0 Å². The Labute approximate surface area is 97.8 Å². The van der Waals surface area contributed by atoms with Gasteiger partial charge in [0.1, 0.15) is 5.82 Å². The minimum Gasteiger partial charge on any atom is -0.368 e. The minimum absolute atomic E-state index is 0.174. The van der Waals surface area contributed by atoms with Crippen LogP contribution in [0.2, 0.25) is 0 Å². The van der Waals surface area contributed by atoms with Crippen molar-refractivity contribution in [2.24, 2.45) is 0 Å². The van der Waals surface area contributed by atoms with Gasteiger partial charge < -0.3 is 9.80 Å². The van der Waals surface area contributed by atoms with Gasteiger partial charge in [0.15, 0.2) is 0 Å². The molecule has 82 valence electrons. The lowest BCUT2D eigenvalue weighted by molar-refractivity contribution is 0.312. The molecule has 1 aromatic carbocycles. The highest BCUT2D eigenvalue weighted by Crippen LogP contribution is 2.27. The smallest absolute Gasteiger partial charge is 0.125 e. The molecule has 2 rings (SSSR count). The molecule has 0 bridgehead atoms. The van der Waals surface area contributed by atoms with Gasteiger partial charge in [-0.3, -0.25) is 0 Å². The van der Waals surface area contributed by atoms with E-state index in [0.717, 1.165) is 36.3 Å². The molecule has 0 aromatic heterocycles. The van der Waals surface area contributed by atoms with Gasteiger partial charge in [0.05, 0.1) is 5.69 Å². The fourth-order valence-corrected chi connectivity index (χ4v) is 2.27. The van der Waals surface area contributed by atoms with Crippen molar-refractivity contribution in [3.05, 3.63) is 28.5 Å². The Bertz CT molecular complexity index is 348. The molecule has 2 nitrogen and oxygen atoms in total. The summed E-state index contributed by atoms with van der Waals surface area (Å²) in [6.45, 7) is 3.98. The molecule has 0 aliphatic carbocycles. The number of likely N-dealkylation sites (N-methyl/N-ethyl adjacent to an activating group) is 1. The van der Waals surface area contributed by atoms with Gasteiger partial charge in [0.25, 0.3) is 0 Å². The van der Waals surface area contributed by atoms with Crippen LogP contribution < -0.4 is 4.90 Å². The molecule has 0 atom stereocenters. The number of hydrogen-bond donors (Lipinski definition) is 0. The van der Waals surface area contributed by atoms with Crippen LogP contribution in [0.5, 0.6) is 0 Å². The predicted molar refractivity (Wildman–Crippen MR) is 63.8 cm³/mol. The first-order chi connectivity index (χ1) is 7.16. The molecular formula is C11H14BrFN2. The molecule has 0 N–H and O–H groups in total. The Morgan fingerprint density at radius 3 is 2.53 bits per heavy atom. The van der Waals surface area contributed by atoms with Gasteiger partial charge >= 0.3 is 0 Å². The van der Waals surface area contributed by atoms with Crippen molar-refractivity contribution < 1.29 is 4.39 Å². The first-order valence-corrected chi connectivity index (χ1v) is 5.84. The number of benzene rings is 1. The van der Waals surface area contributed by atoms with E-state index in [1.807, 2.05) is 0 Å². The Balaban J connectivity index is 2.18. The molecule has 1 heterocycles.